The van der Waals surface area contributed by atoms with Gasteiger partial charge in [-0.25, -0.2) is 0 Å². The maximum atomic E-state index is 0. The van der Waals surface area contributed by atoms with E-state index in [0.717, 1.165) is 0 Å². The zero-order chi connectivity index (χ0) is 0. The first kappa shape index (κ1) is 119. The molecule has 0 saturated carbocycles. The summed E-state index contributed by atoms with van der Waals surface area (Å²) >= 11 is 0. The normalized spacial score (nSPS) is 0. The zero-order valence-corrected chi connectivity index (χ0v) is 6.76. The van der Waals surface area contributed by atoms with E-state index in [4.69, 9.17) is 0 Å². The summed E-state index contributed by atoms with van der Waals surface area (Å²) in [5.41, 5.74) is 0. The summed E-state index contributed by atoms with van der Waals surface area (Å²) in [4.78, 5) is 0. The van der Waals surface area contributed by atoms with Crippen LogP contribution in [0.3, 0.4) is 0 Å². The van der Waals surface area contributed by atoms with Crippen molar-refractivity contribution in [3.8, 4) is 0 Å². The van der Waals surface area contributed by atoms with Crippen LogP contribution in [-0.4, -0.2) is 40.4 Å². The standard InChI is InChI=1S/Al.Cr.Mg.3O/q2*+3;+2;3*-2. The average molecular weight is 151 g/mol. The fraction of sp³-hybridized carbons (Fsp3) is 0. The van der Waals surface area contributed by atoms with Crippen molar-refractivity contribution in [3.63, 3.8) is 0 Å². The van der Waals surface area contributed by atoms with Gasteiger partial charge in [-0.3, -0.25) is 0 Å². The smallest absolute Gasteiger partial charge is 2.00 e. The summed E-state index contributed by atoms with van der Waals surface area (Å²) in [5, 5.41) is 0. The third-order valence-electron chi connectivity index (χ3n) is 0. The molecule has 0 rings (SSSR count). The van der Waals surface area contributed by atoms with E-state index in [2.05, 4.69) is 0 Å². The van der Waals surface area contributed by atoms with E-state index < -0.39 is 0 Å². The van der Waals surface area contributed by atoms with Crippen LogP contribution in [-0.2, 0) is 33.8 Å². The Bertz CT molecular complexity index is 10.8. The number of rotatable bonds is 0. The molecule has 0 bridgehead atoms. The molecule has 6 heavy (non-hydrogen) atoms. The SMILES string of the molecule is [Al+3].[Cr+3].[Mg+2].[O-2].[O-2].[O-2]. The minimum absolute atomic E-state index is 0. The Hall–Kier alpha value is 1.71. The largest absolute Gasteiger partial charge is 3.00 e. The molecule has 0 amide bonds. The van der Waals surface area contributed by atoms with Crippen molar-refractivity contribution >= 4 is 40.4 Å². The molecule has 6 heteroatoms. The first-order valence-corrected chi connectivity index (χ1v) is 0. The molecule has 0 aliphatic rings. The molecule has 27 valence electrons. The van der Waals surface area contributed by atoms with Crippen molar-refractivity contribution in [3.05, 3.63) is 0 Å². The summed E-state index contributed by atoms with van der Waals surface area (Å²) < 4.78 is 0. The van der Waals surface area contributed by atoms with Crippen molar-refractivity contribution in [2.75, 3.05) is 0 Å². The van der Waals surface area contributed by atoms with E-state index in [0.29, 0.717) is 0 Å². The molecule has 0 unspecified atom stereocenters. The monoisotopic (exact) mass is 151 g/mol. The van der Waals surface area contributed by atoms with Gasteiger partial charge in [0.2, 0.25) is 0 Å². The van der Waals surface area contributed by atoms with E-state index in [1.54, 1.807) is 0 Å². The Balaban J connectivity index is 0. The molecule has 0 aromatic heterocycles. The number of hydrogen-bond donors (Lipinski definition) is 0. The average Bonchev–Trinajstić information content (AvgIpc) is 0. The second-order valence-corrected chi connectivity index (χ2v) is 0. The van der Waals surface area contributed by atoms with E-state index in [1.807, 2.05) is 0 Å². The Morgan fingerprint density at radius 3 is 0.667 bits per heavy atom. The van der Waals surface area contributed by atoms with Crippen molar-refractivity contribution in [1.29, 1.82) is 0 Å². The van der Waals surface area contributed by atoms with Crippen molar-refractivity contribution in [2.24, 2.45) is 0 Å². The Morgan fingerprint density at radius 1 is 0.667 bits per heavy atom. The molecular formula is AlCrMgO3+2. The zero-order valence-electron chi connectivity index (χ0n) is 2.92. The van der Waals surface area contributed by atoms with Gasteiger partial charge in [-0.15, -0.1) is 0 Å². The first-order valence-electron chi connectivity index (χ1n) is 0. The van der Waals surface area contributed by atoms with Gasteiger partial charge in [-0.2, -0.15) is 0 Å². The van der Waals surface area contributed by atoms with E-state index in [1.165, 1.54) is 0 Å². The van der Waals surface area contributed by atoms with Gasteiger partial charge in [0.25, 0.3) is 0 Å². The Morgan fingerprint density at radius 2 is 0.667 bits per heavy atom. The Labute approximate surface area is 73.8 Å². The molecule has 0 aliphatic carbocycles. The van der Waals surface area contributed by atoms with Crippen LogP contribution in [0.2, 0.25) is 0 Å². The predicted octanol–water partition coefficient (Wildman–Crippen LogP) is -1.12. The van der Waals surface area contributed by atoms with Crippen LogP contribution in [0.5, 0.6) is 0 Å². The van der Waals surface area contributed by atoms with Crippen molar-refractivity contribution < 1.29 is 33.8 Å². The summed E-state index contributed by atoms with van der Waals surface area (Å²) in [6.45, 7) is 0. The van der Waals surface area contributed by atoms with Crippen LogP contribution in [0.4, 0.5) is 0 Å². The molecular weight excluding hydrogens is 151 g/mol. The third kappa shape index (κ3) is 43.3. The van der Waals surface area contributed by atoms with Crippen LogP contribution in [0.15, 0.2) is 0 Å². The fourth-order valence-corrected chi connectivity index (χ4v) is 0. The van der Waals surface area contributed by atoms with Gasteiger partial charge in [-0.1, -0.05) is 0 Å². The minimum Gasteiger partial charge on any atom is -2.00 e. The molecule has 0 N–H and O–H groups in total. The maximum Gasteiger partial charge on any atom is 3.00 e. The van der Waals surface area contributed by atoms with Gasteiger partial charge >= 0.3 is 57.8 Å². The summed E-state index contributed by atoms with van der Waals surface area (Å²) in [5.74, 6) is 0. The van der Waals surface area contributed by atoms with Crippen molar-refractivity contribution in [2.45, 2.75) is 0 Å². The second kappa shape index (κ2) is 74.8. The predicted molar refractivity (Wildman–Crippen MR) is 13.6 cm³/mol. The van der Waals surface area contributed by atoms with Crippen LogP contribution >= 0.6 is 0 Å². The molecule has 0 heterocycles. The molecule has 0 aromatic rings. The molecule has 0 saturated heterocycles. The molecule has 0 spiro atoms. The quantitative estimate of drug-likeness (QED) is 0.393. The van der Waals surface area contributed by atoms with Gasteiger partial charge in [0.15, 0.2) is 0 Å². The summed E-state index contributed by atoms with van der Waals surface area (Å²) in [6.07, 6.45) is 0. The minimum atomic E-state index is 0. The molecule has 0 aromatic carbocycles. The molecule has 0 atom stereocenters. The molecule has 1 radical (unpaired) electrons. The van der Waals surface area contributed by atoms with Gasteiger partial charge < -0.3 is 16.4 Å². The van der Waals surface area contributed by atoms with Gasteiger partial charge in [-0.05, 0) is 0 Å². The van der Waals surface area contributed by atoms with Crippen LogP contribution in [0.25, 0.3) is 0 Å². The Kier molecular flexibility index (Phi) is 1480. The summed E-state index contributed by atoms with van der Waals surface area (Å²) in [6, 6.07) is 0. The first-order chi connectivity index (χ1) is 0. The molecule has 0 aliphatic heterocycles. The number of hydrogen-bond acceptors (Lipinski definition) is 0. The van der Waals surface area contributed by atoms with E-state index in [-0.39, 0.29) is 74.2 Å². The molecule has 3 nitrogen and oxygen atoms in total. The van der Waals surface area contributed by atoms with Crippen LogP contribution in [0, 0.1) is 0 Å². The maximum absolute atomic E-state index is 0. The summed E-state index contributed by atoms with van der Waals surface area (Å²) in [7, 11) is 0. The fourth-order valence-electron chi connectivity index (χ4n) is 0. The van der Waals surface area contributed by atoms with Gasteiger partial charge in [0.1, 0.15) is 0 Å². The van der Waals surface area contributed by atoms with E-state index >= 15 is 0 Å². The van der Waals surface area contributed by atoms with Gasteiger partial charge in [0, 0.05) is 0 Å². The molecule has 0 fully saturated rings. The van der Waals surface area contributed by atoms with Crippen molar-refractivity contribution in [1.82, 2.24) is 0 Å². The second-order valence-electron chi connectivity index (χ2n) is 0. The van der Waals surface area contributed by atoms with Crippen LogP contribution < -0.4 is 0 Å². The van der Waals surface area contributed by atoms with Gasteiger partial charge in [0.05, 0.1) is 0 Å². The topological polar surface area (TPSA) is 85.5 Å². The third-order valence-corrected chi connectivity index (χ3v) is 0. The van der Waals surface area contributed by atoms with E-state index in [9.17, 15) is 0 Å². The van der Waals surface area contributed by atoms with Crippen LogP contribution in [0.1, 0.15) is 0 Å².